The van der Waals surface area contributed by atoms with Crippen molar-refractivity contribution in [3.63, 3.8) is 0 Å². The number of anilines is 1. The fourth-order valence-corrected chi connectivity index (χ4v) is 3.86. The van der Waals surface area contributed by atoms with Crippen LogP contribution < -0.4 is 4.90 Å². The average molecular weight is 371 g/mol. The molecule has 0 bridgehead atoms. The van der Waals surface area contributed by atoms with Crippen LogP contribution in [0.1, 0.15) is 30.5 Å². The summed E-state index contributed by atoms with van der Waals surface area (Å²) in [5.41, 5.74) is 1.68. The molecule has 2 aliphatic rings. The molecule has 0 spiro atoms. The molecule has 0 N–H and O–H groups in total. The number of nitrogens with zero attached hydrogens (tertiary/aromatic N) is 4. The van der Waals surface area contributed by atoms with Crippen molar-refractivity contribution in [2.45, 2.75) is 31.6 Å². The second-order valence-corrected chi connectivity index (χ2v) is 7.69. The molecule has 1 saturated carbocycles. The Balaban J connectivity index is 1.46. The van der Waals surface area contributed by atoms with Crippen LogP contribution in [0.15, 0.2) is 36.4 Å². The van der Waals surface area contributed by atoms with E-state index in [1.165, 1.54) is 0 Å². The number of rotatable bonds is 3. The second-order valence-electron chi connectivity index (χ2n) is 7.25. The summed E-state index contributed by atoms with van der Waals surface area (Å²) in [6, 6.07) is 11.7. The highest BCUT2D eigenvalue weighted by atomic mass is 35.5. The molecule has 1 aromatic carbocycles. The Morgan fingerprint density at radius 1 is 1.00 bits per heavy atom. The summed E-state index contributed by atoms with van der Waals surface area (Å²) in [5, 5.41) is 9.15. The first-order valence-electron chi connectivity index (χ1n) is 9.19. The lowest BCUT2D eigenvalue weighted by molar-refractivity contribution is -0.133. The van der Waals surface area contributed by atoms with Crippen molar-refractivity contribution in [2.24, 2.45) is 0 Å². The van der Waals surface area contributed by atoms with Crippen LogP contribution in [0.25, 0.3) is 0 Å². The molecule has 4 rings (SSSR count). The van der Waals surface area contributed by atoms with E-state index in [-0.39, 0.29) is 11.3 Å². The van der Waals surface area contributed by atoms with Crippen molar-refractivity contribution in [2.75, 3.05) is 31.1 Å². The third-order valence-electron chi connectivity index (χ3n) is 5.45. The van der Waals surface area contributed by atoms with Gasteiger partial charge in [-0.1, -0.05) is 23.7 Å². The highest BCUT2D eigenvalue weighted by Gasteiger charge is 2.52. The largest absolute Gasteiger partial charge is 0.353 e. The third kappa shape index (κ3) is 3.28. The molecule has 1 saturated heterocycles. The highest BCUT2D eigenvalue weighted by Crippen LogP contribution is 2.49. The minimum absolute atomic E-state index is 0.261. The molecule has 5 nitrogen and oxygen atoms in total. The van der Waals surface area contributed by atoms with Gasteiger partial charge in [0.15, 0.2) is 5.82 Å². The zero-order valence-corrected chi connectivity index (χ0v) is 15.7. The van der Waals surface area contributed by atoms with E-state index in [1.807, 2.05) is 48.2 Å². The summed E-state index contributed by atoms with van der Waals surface area (Å²) in [5.74, 6) is 1.15. The molecule has 1 aliphatic heterocycles. The topological polar surface area (TPSA) is 49.3 Å². The van der Waals surface area contributed by atoms with E-state index in [1.54, 1.807) is 0 Å². The van der Waals surface area contributed by atoms with Crippen LogP contribution >= 0.6 is 11.6 Å². The van der Waals surface area contributed by atoms with Crippen molar-refractivity contribution >= 4 is 23.3 Å². The number of hydrogen-bond donors (Lipinski definition) is 0. The number of benzene rings is 1. The molecular weight excluding hydrogens is 348 g/mol. The van der Waals surface area contributed by atoms with Gasteiger partial charge in [0.05, 0.1) is 11.1 Å². The standard InChI is InChI=1S/C20H23ClN4O/c1-15-3-8-18(23-22-15)24-11-2-12-25(14-13-24)19(26)20(9-10-20)16-4-6-17(21)7-5-16/h3-8H,2,9-14H2,1H3. The van der Waals surface area contributed by atoms with Crippen molar-refractivity contribution in [1.29, 1.82) is 0 Å². The van der Waals surface area contributed by atoms with Gasteiger partial charge in [0, 0.05) is 31.2 Å². The zero-order valence-electron chi connectivity index (χ0n) is 15.0. The Kier molecular flexibility index (Phi) is 4.57. The van der Waals surface area contributed by atoms with Gasteiger partial charge in [0.25, 0.3) is 0 Å². The van der Waals surface area contributed by atoms with E-state index in [4.69, 9.17) is 11.6 Å². The van der Waals surface area contributed by atoms with Gasteiger partial charge in [0.2, 0.25) is 5.91 Å². The van der Waals surface area contributed by atoms with E-state index in [0.717, 1.165) is 62.5 Å². The van der Waals surface area contributed by atoms with E-state index in [0.29, 0.717) is 5.02 Å². The van der Waals surface area contributed by atoms with Crippen molar-refractivity contribution < 1.29 is 4.79 Å². The maximum absolute atomic E-state index is 13.3. The summed E-state index contributed by atoms with van der Waals surface area (Å²) in [6.45, 7) is 5.15. The first-order chi connectivity index (χ1) is 12.6. The lowest BCUT2D eigenvalue weighted by atomic mass is 9.94. The molecular formula is C20H23ClN4O. The third-order valence-corrected chi connectivity index (χ3v) is 5.70. The Hall–Kier alpha value is -2.14. The lowest BCUT2D eigenvalue weighted by Crippen LogP contribution is -2.41. The number of hydrogen-bond acceptors (Lipinski definition) is 4. The number of halogens is 1. The van der Waals surface area contributed by atoms with Gasteiger partial charge in [-0.3, -0.25) is 4.79 Å². The first-order valence-corrected chi connectivity index (χ1v) is 9.57. The molecule has 2 aromatic rings. The SMILES string of the molecule is Cc1ccc(N2CCCN(C(=O)C3(c4ccc(Cl)cc4)CC3)CC2)nn1. The van der Waals surface area contributed by atoms with Crippen LogP contribution in [0.5, 0.6) is 0 Å². The zero-order chi connectivity index (χ0) is 18.1. The maximum Gasteiger partial charge on any atom is 0.233 e. The predicted molar refractivity (Wildman–Crippen MR) is 103 cm³/mol. The summed E-state index contributed by atoms with van der Waals surface area (Å²) in [7, 11) is 0. The van der Waals surface area contributed by atoms with Crippen molar-refractivity contribution in [3.8, 4) is 0 Å². The molecule has 2 heterocycles. The fourth-order valence-electron chi connectivity index (χ4n) is 3.73. The van der Waals surface area contributed by atoms with Crippen molar-refractivity contribution in [1.82, 2.24) is 15.1 Å². The van der Waals surface area contributed by atoms with Crippen LogP contribution in [0.4, 0.5) is 5.82 Å². The minimum Gasteiger partial charge on any atom is -0.353 e. The lowest BCUT2D eigenvalue weighted by Gasteiger charge is -2.27. The molecule has 0 radical (unpaired) electrons. The molecule has 6 heteroatoms. The number of amides is 1. The van der Waals surface area contributed by atoms with E-state index < -0.39 is 0 Å². The maximum atomic E-state index is 13.3. The highest BCUT2D eigenvalue weighted by molar-refractivity contribution is 6.30. The molecule has 2 fully saturated rings. The predicted octanol–water partition coefficient (Wildman–Crippen LogP) is 3.21. The summed E-state index contributed by atoms with van der Waals surface area (Å²) in [4.78, 5) is 17.5. The quantitative estimate of drug-likeness (QED) is 0.832. The first kappa shape index (κ1) is 17.3. The van der Waals surface area contributed by atoms with Gasteiger partial charge in [-0.25, -0.2) is 0 Å². The van der Waals surface area contributed by atoms with Crippen LogP contribution in [0, 0.1) is 6.92 Å². The fraction of sp³-hybridized carbons (Fsp3) is 0.450. The van der Waals surface area contributed by atoms with Gasteiger partial charge in [0.1, 0.15) is 0 Å². The van der Waals surface area contributed by atoms with Crippen LogP contribution in [-0.2, 0) is 10.2 Å². The summed E-state index contributed by atoms with van der Waals surface area (Å²) < 4.78 is 0. The normalized spacial score (nSPS) is 19.2. The Morgan fingerprint density at radius 3 is 2.42 bits per heavy atom. The number of carbonyl (C=O) groups is 1. The Labute approximate surface area is 159 Å². The molecule has 0 unspecified atom stereocenters. The summed E-state index contributed by atoms with van der Waals surface area (Å²) >= 11 is 6.00. The molecule has 1 aliphatic carbocycles. The molecule has 0 atom stereocenters. The molecule has 1 amide bonds. The Bertz CT molecular complexity index is 786. The second kappa shape index (κ2) is 6.88. The Morgan fingerprint density at radius 2 is 1.77 bits per heavy atom. The van der Waals surface area contributed by atoms with Gasteiger partial charge in [-0.05, 0) is 56.0 Å². The van der Waals surface area contributed by atoms with Crippen LogP contribution in [0.3, 0.4) is 0 Å². The number of aryl methyl sites for hydroxylation is 1. The summed E-state index contributed by atoms with van der Waals surface area (Å²) in [6.07, 6.45) is 2.80. The van der Waals surface area contributed by atoms with Crippen LogP contribution in [0.2, 0.25) is 5.02 Å². The van der Waals surface area contributed by atoms with E-state index in [9.17, 15) is 4.79 Å². The average Bonchev–Trinajstić information content (AvgIpc) is 3.47. The van der Waals surface area contributed by atoms with Gasteiger partial charge >= 0.3 is 0 Å². The van der Waals surface area contributed by atoms with E-state index >= 15 is 0 Å². The molecule has 136 valence electrons. The minimum atomic E-state index is -0.330. The van der Waals surface area contributed by atoms with Gasteiger partial charge in [-0.2, -0.15) is 5.10 Å². The van der Waals surface area contributed by atoms with Crippen molar-refractivity contribution in [3.05, 3.63) is 52.7 Å². The number of carbonyl (C=O) groups excluding carboxylic acids is 1. The molecule has 1 aromatic heterocycles. The van der Waals surface area contributed by atoms with Crippen LogP contribution in [-0.4, -0.2) is 47.2 Å². The van der Waals surface area contributed by atoms with E-state index in [2.05, 4.69) is 15.1 Å². The van der Waals surface area contributed by atoms with Gasteiger partial charge in [-0.15, -0.1) is 5.10 Å². The smallest absolute Gasteiger partial charge is 0.233 e. The molecule has 26 heavy (non-hydrogen) atoms. The van der Waals surface area contributed by atoms with Gasteiger partial charge < -0.3 is 9.80 Å². The number of aromatic nitrogens is 2. The monoisotopic (exact) mass is 370 g/mol.